The summed E-state index contributed by atoms with van der Waals surface area (Å²) in [5.41, 5.74) is 0.281. The molecule has 1 rings (SSSR count). The molecule has 0 spiro atoms. The minimum atomic E-state index is -0.502. The molecular weight excluding hydrogens is 344 g/mol. The van der Waals surface area contributed by atoms with Gasteiger partial charge in [0.1, 0.15) is 17.0 Å². The fourth-order valence-corrected chi connectivity index (χ4v) is 2.14. The van der Waals surface area contributed by atoms with Gasteiger partial charge in [0.25, 0.3) is 0 Å². The van der Waals surface area contributed by atoms with Gasteiger partial charge in [-0.15, -0.1) is 0 Å². The van der Waals surface area contributed by atoms with Gasteiger partial charge in [0, 0.05) is 32.2 Å². The predicted molar refractivity (Wildman–Crippen MR) is 109 cm³/mol. The number of para-hydroxylation sites is 1. The van der Waals surface area contributed by atoms with Crippen LogP contribution in [0.1, 0.15) is 47.1 Å². The highest BCUT2D eigenvalue weighted by molar-refractivity contribution is 5.79. The number of hydrogen-bond acceptors (Lipinski definition) is 4. The van der Waals surface area contributed by atoms with E-state index in [9.17, 15) is 4.79 Å². The molecule has 0 radical (unpaired) electrons. The van der Waals surface area contributed by atoms with Gasteiger partial charge in [-0.2, -0.15) is 0 Å². The topological polar surface area (TPSA) is 84.0 Å². The van der Waals surface area contributed by atoms with Gasteiger partial charge in [-0.05, 0) is 47.6 Å². The zero-order valence-electron chi connectivity index (χ0n) is 17.6. The molecule has 0 unspecified atom stereocenters. The van der Waals surface area contributed by atoms with Gasteiger partial charge >= 0.3 is 6.09 Å². The van der Waals surface area contributed by atoms with Crippen LogP contribution in [0, 0.1) is 0 Å². The average molecular weight is 379 g/mol. The summed E-state index contributed by atoms with van der Waals surface area (Å²) in [4.78, 5) is 15.8. The van der Waals surface area contributed by atoms with Crippen LogP contribution >= 0.6 is 0 Å². The van der Waals surface area contributed by atoms with Crippen molar-refractivity contribution in [2.75, 3.05) is 20.1 Å². The van der Waals surface area contributed by atoms with E-state index in [-0.39, 0.29) is 5.60 Å². The van der Waals surface area contributed by atoms with Crippen LogP contribution in [0.3, 0.4) is 0 Å². The number of ether oxygens (including phenoxy) is 2. The summed E-state index contributed by atoms with van der Waals surface area (Å²) in [6.45, 7) is 13.1. The number of rotatable bonds is 6. The number of hydrogen-bond donors (Lipinski definition) is 3. The van der Waals surface area contributed by atoms with Crippen molar-refractivity contribution < 1.29 is 14.3 Å². The van der Waals surface area contributed by atoms with Crippen LogP contribution in [0.5, 0.6) is 5.75 Å². The highest BCUT2D eigenvalue weighted by Gasteiger charge is 2.16. The molecule has 3 N–H and O–H groups in total. The number of carbonyl (C=O) groups is 1. The molecule has 0 saturated heterocycles. The van der Waals surface area contributed by atoms with Crippen LogP contribution < -0.4 is 20.7 Å². The van der Waals surface area contributed by atoms with Gasteiger partial charge in [0.2, 0.25) is 0 Å². The maximum absolute atomic E-state index is 11.6. The van der Waals surface area contributed by atoms with Gasteiger partial charge in [-0.3, -0.25) is 4.99 Å². The maximum atomic E-state index is 11.6. The van der Waals surface area contributed by atoms with Crippen molar-refractivity contribution in [1.82, 2.24) is 16.0 Å². The lowest BCUT2D eigenvalue weighted by atomic mass is 10.1. The number of guanidine groups is 1. The van der Waals surface area contributed by atoms with E-state index in [4.69, 9.17) is 9.47 Å². The van der Waals surface area contributed by atoms with Crippen LogP contribution in [0.2, 0.25) is 0 Å². The summed E-state index contributed by atoms with van der Waals surface area (Å²) in [5, 5.41) is 9.11. The van der Waals surface area contributed by atoms with Crippen molar-refractivity contribution in [3.8, 4) is 5.75 Å². The van der Waals surface area contributed by atoms with Gasteiger partial charge in [-0.1, -0.05) is 18.2 Å². The third kappa shape index (κ3) is 10.3. The largest absolute Gasteiger partial charge is 0.488 e. The Balaban J connectivity index is 2.44. The molecule has 0 fully saturated rings. The van der Waals surface area contributed by atoms with Crippen molar-refractivity contribution >= 4 is 12.1 Å². The molecule has 0 atom stereocenters. The normalized spacial score (nSPS) is 12.3. The lowest BCUT2D eigenvalue weighted by molar-refractivity contribution is 0.0529. The lowest BCUT2D eigenvalue weighted by Gasteiger charge is -2.23. The van der Waals surface area contributed by atoms with E-state index < -0.39 is 11.7 Å². The smallest absolute Gasteiger partial charge is 0.407 e. The first-order valence-electron chi connectivity index (χ1n) is 9.18. The number of alkyl carbamates (subject to hydrolysis) is 1. The number of aliphatic imine (C=N–C) groups is 1. The van der Waals surface area contributed by atoms with Crippen molar-refractivity contribution in [1.29, 1.82) is 0 Å². The number of benzene rings is 1. The second kappa shape index (κ2) is 10.0. The minimum absolute atomic E-state index is 0.261. The minimum Gasteiger partial charge on any atom is -0.488 e. The Hall–Kier alpha value is -2.44. The number of amides is 1. The van der Waals surface area contributed by atoms with Crippen molar-refractivity contribution in [2.24, 2.45) is 4.99 Å². The summed E-state index contributed by atoms with van der Waals surface area (Å²) < 4.78 is 11.2. The van der Waals surface area contributed by atoms with Gasteiger partial charge in [-0.25, -0.2) is 4.79 Å². The molecule has 152 valence electrons. The lowest BCUT2D eigenvalue weighted by Crippen LogP contribution is -2.42. The van der Waals surface area contributed by atoms with Gasteiger partial charge < -0.3 is 25.4 Å². The molecule has 1 amide bonds. The van der Waals surface area contributed by atoms with E-state index in [2.05, 4.69) is 20.9 Å². The standard InChI is InChI=1S/C20H34N4O3/c1-19(2,3)26-16-11-9-8-10-15(16)14-24-17(21-7)22-12-13-23-18(25)27-20(4,5)6/h8-11H,12-14H2,1-7H3,(H,23,25)(H2,21,22,24). The van der Waals surface area contributed by atoms with E-state index in [0.29, 0.717) is 25.6 Å². The molecular formula is C20H34N4O3. The van der Waals surface area contributed by atoms with Crippen molar-refractivity contribution in [3.63, 3.8) is 0 Å². The summed E-state index contributed by atoms with van der Waals surface area (Å²) in [5.74, 6) is 1.49. The summed E-state index contributed by atoms with van der Waals surface area (Å²) >= 11 is 0. The molecule has 0 aromatic heterocycles. The second-order valence-corrected chi connectivity index (χ2v) is 8.10. The Labute approximate surface area is 162 Å². The third-order valence-electron chi connectivity index (χ3n) is 3.14. The first-order chi connectivity index (χ1) is 12.5. The highest BCUT2D eigenvalue weighted by Crippen LogP contribution is 2.22. The molecule has 0 heterocycles. The molecule has 1 aromatic carbocycles. The van der Waals surface area contributed by atoms with E-state index >= 15 is 0 Å². The maximum Gasteiger partial charge on any atom is 0.407 e. The predicted octanol–water partition coefficient (Wildman–Crippen LogP) is 3.05. The Kier molecular flexibility index (Phi) is 8.40. The third-order valence-corrected chi connectivity index (χ3v) is 3.14. The zero-order valence-corrected chi connectivity index (χ0v) is 17.6. The van der Waals surface area contributed by atoms with Crippen LogP contribution in [0.15, 0.2) is 29.3 Å². The number of nitrogens with zero attached hydrogens (tertiary/aromatic N) is 1. The summed E-state index contributed by atoms with van der Waals surface area (Å²) in [7, 11) is 1.70. The van der Waals surface area contributed by atoms with E-state index in [1.165, 1.54) is 0 Å². The second-order valence-electron chi connectivity index (χ2n) is 8.10. The average Bonchev–Trinajstić information content (AvgIpc) is 2.52. The van der Waals surface area contributed by atoms with E-state index in [1.807, 2.05) is 65.8 Å². The first kappa shape index (κ1) is 22.6. The van der Waals surface area contributed by atoms with Gasteiger partial charge in [0.05, 0.1) is 0 Å². The Bertz CT molecular complexity index is 631. The summed E-state index contributed by atoms with van der Waals surface area (Å²) in [6, 6.07) is 7.92. The fourth-order valence-electron chi connectivity index (χ4n) is 2.14. The Morgan fingerprint density at radius 2 is 1.59 bits per heavy atom. The zero-order chi connectivity index (χ0) is 20.5. The number of carbonyl (C=O) groups excluding carboxylic acids is 1. The van der Waals surface area contributed by atoms with Crippen LogP contribution in [0.4, 0.5) is 4.79 Å². The molecule has 0 aliphatic carbocycles. The first-order valence-corrected chi connectivity index (χ1v) is 9.18. The highest BCUT2D eigenvalue weighted by atomic mass is 16.6. The Morgan fingerprint density at radius 3 is 2.19 bits per heavy atom. The van der Waals surface area contributed by atoms with Crippen molar-refractivity contribution in [3.05, 3.63) is 29.8 Å². The molecule has 1 aromatic rings. The SMILES string of the molecule is CN=C(NCCNC(=O)OC(C)(C)C)NCc1ccccc1OC(C)(C)C. The number of nitrogens with one attached hydrogen (secondary N) is 3. The van der Waals surface area contributed by atoms with Crippen LogP contribution in [0.25, 0.3) is 0 Å². The van der Waals surface area contributed by atoms with Crippen molar-refractivity contribution in [2.45, 2.75) is 59.3 Å². The van der Waals surface area contributed by atoms with E-state index in [0.717, 1.165) is 11.3 Å². The molecule has 0 aliphatic heterocycles. The molecule has 7 heteroatoms. The van der Waals surface area contributed by atoms with E-state index in [1.54, 1.807) is 7.05 Å². The van der Waals surface area contributed by atoms with Gasteiger partial charge in [0.15, 0.2) is 5.96 Å². The monoisotopic (exact) mass is 378 g/mol. The quantitative estimate of drug-likeness (QED) is 0.402. The van der Waals surface area contributed by atoms with Crippen LogP contribution in [-0.4, -0.2) is 43.4 Å². The molecule has 0 bridgehead atoms. The fraction of sp³-hybridized carbons (Fsp3) is 0.600. The van der Waals surface area contributed by atoms with Crippen LogP contribution in [-0.2, 0) is 11.3 Å². The molecule has 27 heavy (non-hydrogen) atoms. The Morgan fingerprint density at radius 1 is 0.963 bits per heavy atom. The molecule has 0 saturated carbocycles. The molecule has 0 aliphatic rings. The summed E-state index contributed by atoms with van der Waals surface area (Å²) in [6.07, 6.45) is -0.430. The molecule has 7 nitrogen and oxygen atoms in total.